The second-order valence-electron chi connectivity index (χ2n) is 5.95. The molecule has 0 aliphatic rings. The number of anilines is 2. The summed E-state index contributed by atoms with van der Waals surface area (Å²) in [6.07, 6.45) is 5.00. The zero-order valence-electron chi connectivity index (χ0n) is 16.1. The van der Waals surface area contributed by atoms with Gasteiger partial charge < -0.3 is 9.47 Å². The van der Waals surface area contributed by atoms with Crippen LogP contribution in [0, 0.1) is 0 Å². The molecule has 0 radical (unpaired) electrons. The predicted molar refractivity (Wildman–Crippen MR) is 105 cm³/mol. The minimum absolute atomic E-state index is 0.325. The highest BCUT2D eigenvalue weighted by Gasteiger charge is 2.14. The zero-order valence-corrected chi connectivity index (χ0v) is 16.1. The van der Waals surface area contributed by atoms with Gasteiger partial charge in [-0.2, -0.15) is 0 Å². The number of hydrogen-bond acceptors (Lipinski definition) is 7. The van der Waals surface area contributed by atoms with Gasteiger partial charge in [-0.3, -0.25) is 10.6 Å². The Labute approximate surface area is 163 Å². The maximum atomic E-state index is 12.1. The molecule has 0 atom stereocenters. The van der Waals surface area contributed by atoms with Gasteiger partial charge in [0.25, 0.3) is 0 Å². The van der Waals surface area contributed by atoms with Gasteiger partial charge in [0.05, 0.1) is 18.9 Å². The van der Waals surface area contributed by atoms with Gasteiger partial charge in [-0.25, -0.2) is 24.5 Å². The number of hydrogen-bond donors (Lipinski definition) is 2. The van der Waals surface area contributed by atoms with E-state index in [1.807, 2.05) is 13.8 Å². The van der Waals surface area contributed by atoms with E-state index in [1.165, 1.54) is 12.7 Å². The van der Waals surface area contributed by atoms with Crippen molar-refractivity contribution in [3.63, 3.8) is 0 Å². The lowest BCUT2D eigenvalue weighted by molar-refractivity contribution is 0.159. The molecule has 9 heteroatoms. The van der Waals surface area contributed by atoms with Gasteiger partial charge in [0.1, 0.15) is 12.7 Å². The Morgan fingerprint density at radius 1 is 0.929 bits per heavy atom. The zero-order chi connectivity index (χ0) is 20.2. The van der Waals surface area contributed by atoms with Crippen LogP contribution >= 0.6 is 0 Å². The van der Waals surface area contributed by atoms with Crippen molar-refractivity contribution in [2.45, 2.75) is 39.5 Å². The van der Waals surface area contributed by atoms with Crippen molar-refractivity contribution in [2.24, 2.45) is 0 Å². The van der Waals surface area contributed by atoms with Crippen LogP contribution in [0.1, 0.15) is 39.5 Å². The number of ether oxygens (including phenoxy) is 2. The summed E-state index contributed by atoms with van der Waals surface area (Å²) < 4.78 is 10.2. The normalized spacial score (nSPS) is 10.2. The minimum atomic E-state index is -0.591. The molecule has 0 saturated heterocycles. The fourth-order valence-electron chi connectivity index (χ4n) is 2.22. The third-order valence-corrected chi connectivity index (χ3v) is 3.70. The molecule has 1 aromatic carbocycles. The molecule has 150 valence electrons. The first kappa shape index (κ1) is 21.1. The van der Waals surface area contributed by atoms with Crippen molar-refractivity contribution in [1.29, 1.82) is 0 Å². The Kier molecular flexibility index (Phi) is 8.64. The van der Waals surface area contributed by atoms with Crippen LogP contribution in [0.3, 0.4) is 0 Å². The smallest absolute Gasteiger partial charge is 0.411 e. The maximum absolute atomic E-state index is 12.1. The van der Waals surface area contributed by atoms with Crippen LogP contribution < -0.4 is 10.6 Å². The lowest BCUT2D eigenvalue weighted by Crippen LogP contribution is -2.17. The first-order valence-corrected chi connectivity index (χ1v) is 9.28. The van der Waals surface area contributed by atoms with E-state index in [0.29, 0.717) is 36.0 Å². The largest absolute Gasteiger partial charge is 0.449 e. The highest BCUT2D eigenvalue weighted by Crippen LogP contribution is 2.28. The lowest BCUT2D eigenvalue weighted by Gasteiger charge is -2.13. The molecule has 0 aliphatic heterocycles. The Morgan fingerprint density at radius 3 is 2.14 bits per heavy atom. The molecular weight excluding hydrogens is 362 g/mol. The van der Waals surface area contributed by atoms with E-state index in [1.54, 1.807) is 18.2 Å². The first-order valence-electron chi connectivity index (χ1n) is 9.28. The molecular formula is C19H25N5O4. The number of carbonyl (C=O) groups excluding carboxylic acids is 2. The number of amides is 2. The molecule has 0 aliphatic carbocycles. The number of nitrogens with one attached hydrogen (secondary N) is 2. The van der Waals surface area contributed by atoms with Gasteiger partial charge in [0, 0.05) is 11.3 Å². The Morgan fingerprint density at radius 2 is 1.54 bits per heavy atom. The number of carbonyl (C=O) groups is 2. The molecule has 28 heavy (non-hydrogen) atoms. The van der Waals surface area contributed by atoms with E-state index in [9.17, 15) is 9.59 Å². The standard InChI is InChI=1S/C19H25N5O4/c1-3-5-9-27-18(25)23-14-7-8-15(17-21-12-20-13-22-17)16(11-14)24-19(26)28-10-6-4-2/h7-8,11-13H,3-6,9-10H2,1-2H3,(H,23,25)(H,24,26). The molecule has 0 fully saturated rings. The number of benzene rings is 1. The summed E-state index contributed by atoms with van der Waals surface area (Å²) in [5.41, 5.74) is 1.43. The van der Waals surface area contributed by atoms with Crippen molar-refractivity contribution in [3.05, 3.63) is 30.9 Å². The van der Waals surface area contributed by atoms with Gasteiger partial charge in [-0.1, -0.05) is 26.7 Å². The predicted octanol–water partition coefficient (Wildman–Crippen LogP) is 4.24. The fraction of sp³-hybridized carbons (Fsp3) is 0.421. The molecule has 2 N–H and O–H groups in total. The second-order valence-corrected chi connectivity index (χ2v) is 5.95. The summed E-state index contributed by atoms with van der Waals surface area (Å²) in [4.78, 5) is 36.0. The average molecular weight is 387 g/mol. The number of nitrogens with zero attached hydrogens (tertiary/aromatic N) is 3. The Balaban J connectivity index is 2.16. The summed E-state index contributed by atoms with van der Waals surface area (Å²) in [5.74, 6) is 0.385. The van der Waals surface area contributed by atoms with Gasteiger partial charge in [-0.15, -0.1) is 0 Å². The van der Waals surface area contributed by atoms with E-state index < -0.39 is 12.2 Å². The van der Waals surface area contributed by atoms with Crippen LogP contribution in [0.5, 0.6) is 0 Å². The third kappa shape index (κ3) is 6.82. The topological polar surface area (TPSA) is 115 Å². The summed E-state index contributed by atoms with van der Waals surface area (Å²) >= 11 is 0. The van der Waals surface area contributed by atoms with Crippen LogP contribution in [0.2, 0.25) is 0 Å². The van der Waals surface area contributed by atoms with Crippen LogP contribution in [0.15, 0.2) is 30.9 Å². The van der Waals surface area contributed by atoms with E-state index in [-0.39, 0.29) is 0 Å². The first-order chi connectivity index (χ1) is 13.6. The summed E-state index contributed by atoms with van der Waals surface area (Å²) in [6, 6.07) is 4.97. The van der Waals surface area contributed by atoms with E-state index in [4.69, 9.17) is 9.47 Å². The monoisotopic (exact) mass is 387 g/mol. The van der Waals surface area contributed by atoms with Crippen molar-refractivity contribution in [2.75, 3.05) is 23.8 Å². The second kappa shape index (κ2) is 11.5. The molecule has 0 spiro atoms. The highest BCUT2D eigenvalue weighted by molar-refractivity contribution is 5.93. The Bertz CT molecular complexity index is 770. The summed E-state index contributed by atoms with van der Waals surface area (Å²) in [5, 5.41) is 5.32. The Hall–Kier alpha value is -3.23. The van der Waals surface area contributed by atoms with Gasteiger partial charge in [-0.05, 0) is 31.0 Å². The van der Waals surface area contributed by atoms with Gasteiger partial charge in [0.15, 0.2) is 5.82 Å². The molecule has 0 unspecified atom stereocenters. The van der Waals surface area contributed by atoms with Crippen molar-refractivity contribution in [1.82, 2.24) is 15.0 Å². The van der Waals surface area contributed by atoms with Crippen LogP contribution in [0.4, 0.5) is 21.0 Å². The average Bonchev–Trinajstić information content (AvgIpc) is 2.69. The molecule has 1 aromatic heterocycles. The van der Waals surface area contributed by atoms with Crippen molar-refractivity contribution < 1.29 is 19.1 Å². The molecule has 9 nitrogen and oxygen atoms in total. The minimum Gasteiger partial charge on any atom is -0.449 e. The summed E-state index contributed by atoms with van der Waals surface area (Å²) in [7, 11) is 0. The van der Waals surface area contributed by atoms with Crippen LogP contribution in [-0.2, 0) is 9.47 Å². The van der Waals surface area contributed by atoms with Crippen LogP contribution in [-0.4, -0.2) is 40.4 Å². The summed E-state index contributed by atoms with van der Waals surface area (Å²) in [6.45, 7) is 4.69. The molecule has 2 aromatic rings. The number of unbranched alkanes of at least 4 members (excludes halogenated alkanes) is 2. The van der Waals surface area contributed by atoms with Gasteiger partial charge in [0.2, 0.25) is 0 Å². The highest BCUT2D eigenvalue weighted by atomic mass is 16.6. The van der Waals surface area contributed by atoms with Crippen molar-refractivity contribution in [3.8, 4) is 11.4 Å². The van der Waals surface area contributed by atoms with Crippen molar-refractivity contribution >= 4 is 23.6 Å². The van der Waals surface area contributed by atoms with E-state index in [0.717, 1.165) is 25.7 Å². The SMILES string of the molecule is CCCCOC(=O)Nc1ccc(-c2ncncn2)c(NC(=O)OCCCC)c1. The molecule has 0 bridgehead atoms. The molecule has 2 amide bonds. The fourth-order valence-corrected chi connectivity index (χ4v) is 2.22. The van der Waals surface area contributed by atoms with Gasteiger partial charge >= 0.3 is 12.2 Å². The van der Waals surface area contributed by atoms with Crippen LogP contribution in [0.25, 0.3) is 11.4 Å². The van der Waals surface area contributed by atoms with E-state index >= 15 is 0 Å². The van der Waals surface area contributed by atoms with E-state index in [2.05, 4.69) is 25.6 Å². The third-order valence-electron chi connectivity index (χ3n) is 3.70. The molecule has 0 saturated carbocycles. The number of aromatic nitrogens is 3. The number of rotatable bonds is 9. The lowest BCUT2D eigenvalue weighted by atomic mass is 10.1. The quantitative estimate of drug-likeness (QED) is 0.618. The molecule has 2 rings (SSSR count). The molecule has 1 heterocycles. The maximum Gasteiger partial charge on any atom is 0.411 e.